The summed E-state index contributed by atoms with van der Waals surface area (Å²) in [5, 5.41) is 19.0. The van der Waals surface area contributed by atoms with Gasteiger partial charge in [0.2, 0.25) is 0 Å². The normalized spacial score (nSPS) is 14.7. The Hall–Kier alpha value is -0.0800. The van der Waals surface area contributed by atoms with Crippen LogP contribution < -0.4 is 0 Å². The molecule has 0 radical (unpaired) electrons. The Morgan fingerprint density at radius 3 is 1.50 bits per heavy atom. The Kier molecular flexibility index (Phi) is 13.3. The largest absolute Gasteiger partial charge is 0.390 e. The first-order valence-electron chi connectivity index (χ1n) is 8.08. The summed E-state index contributed by atoms with van der Waals surface area (Å²) < 4.78 is 0. The number of rotatable bonds is 13. The first-order valence-corrected chi connectivity index (χ1v) is 8.08. The lowest BCUT2D eigenvalue weighted by molar-refractivity contribution is 0.0114. The standard InChI is InChI=1S/C16H34O2/c1-3-5-6-7-8-9-10-11-12-13-14-16(18)15(17)4-2/h15-18H,3-14H2,1-2H3/t15-,16-/m1/s1. The molecule has 2 atom stereocenters. The van der Waals surface area contributed by atoms with Crippen LogP contribution in [-0.2, 0) is 0 Å². The third-order valence-corrected chi connectivity index (χ3v) is 3.72. The van der Waals surface area contributed by atoms with E-state index in [2.05, 4.69) is 6.92 Å². The summed E-state index contributed by atoms with van der Waals surface area (Å²) in [6.45, 7) is 4.16. The van der Waals surface area contributed by atoms with Crippen LogP contribution in [0.2, 0.25) is 0 Å². The Balaban J connectivity index is 3.11. The molecule has 0 amide bonds. The first kappa shape index (κ1) is 17.9. The van der Waals surface area contributed by atoms with Gasteiger partial charge in [-0.15, -0.1) is 0 Å². The summed E-state index contributed by atoms with van der Waals surface area (Å²) in [5.41, 5.74) is 0. The molecular weight excluding hydrogens is 224 g/mol. The third-order valence-electron chi connectivity index (χ3n) is 3.72. The summed E-state index contributed by atoms with van der Waals surface area (Å²) in [6.07, 6.45) is 13.5. The van der Waals surface area contributed by atoms with Crippen LogP contribution in [-0.4, -0.2) is 22.4 Å². The lowest BCUT2D eigenvalue weighted by Crippen LogP contribution is -2.24. The molecule has 0 fully saturated rings. The number of aliphatic hydroxyl groups excluding tert-OH is 2. The molecule has 2 nitrogen and oxygen atoms in total. The minimum absolute atomic E-state index is 0.510. The first-order chi connectivity index (χ1) is 8.72. The van der Waals surface area contributed by atoms with Gasteiger partial charge in [0, 0.05) is 0 Å². The van der Waals surface area contributed by atoms with Crippen molar-refractivity contribution >= 4 is 0 Å². The van der Waals surface area contributed by atoms with Crippen molar-refractivity contribution in [3.63, 3.8) is 0 Å². The fourth-order valence-electron chi connectivity index (χ4n) is 2.31. The molecule has 0 aromatic rings. The minimum Gasteiger partial charge on any atom is -0.390 e. The molecule has 0 aliphatic heterocycles. The number of unbranched alkanes of at least 4 members (excludes halogenated alkanes) is 9. The molecule has 0 aliphatic carbocycles. The van der Waals surface area contributed by atoms with E-state index in [1.807, 2.05) is 6.92 Å². The number of aliphatic hydroxyl groups is 2. The van der Waals surface area contributed by atoms with E-state index in [1.165, 1.54) is 57.8 Å². The van der Waals surface area contributed by atoms with Gasteiger partial charge in [-0.3, -0.25) is 0 Å². The lowest BCUT2D eigenvalue weighted by Gasteiger charge is -2.15. The second kappa shape index (κ2) is 13.4. The van der Waals surface area contributed by atoms with Crippen LogP contribution in [0.1, 0.15) is 90.9 Å². The average molecular weight is 258 g/mol. The molecule has 2 heteroatoms. The number of hydrogen-bond acceptors (Lipinski definition) is 2. The van der Waals surface area contributed by atoms with Gasteiger partial charge < -0.3 is 10.2 Å². The van der Waals surface area contributed by atoms with Crippen LogP contribution in [0.25, 0.3) is 0 Å². The molecule has 0 aromatic heterocycles. The average Bonchev–Trinajstić information content (AvgIpc) is 2.39. The van der Waals surface area contributed by atoms with Gasteiger partial charge in [-0.2, -0.15) is 0 Å². The van der Waals surface area contributed by atoms with Crippen LogP contribution in [0, 0.1) is 0 Å². The zero-order valence-corrected chi connectivity index (χ0v) is 12.5. The SMILES string of the molecule is CCCCCCCCCCCC[C@@H](O)[C@H](O)CC. The van der Waals surface area contributed by atoms with Gasteiger partial charge in [0.05, 0.1) is 12.2 Å². The van der Waals surface area contributed by atoms with Crippen LogP contribution in [0.4, 0.5) is 0 Å². The van der Waals surface area contributed by atoms with Crippen molar-refractivity contribution in [3.05, 3.63) is 0 Å². The molecule has 0 spiro atoms. The quantitative estimate of drug-likeness (QED) is 0.480. The zero-order valence-electron chi connectivity index (χ0n) is 12.5. The van der Waals surface area contributed by atoms with Gasteiger partial charge in [0.15, 0.2) is 0 Å². The molecule has 18 heavy (non-hydrogen) atoms. The Bertz CT molecular complexity index is 159. The summed E-state index contributed by atoms with van der Waals surface area (Å²) in [6, 6.07) is 0. The van der Waals surface area contributed by atoms with E-state index in [9.17, 15) is 10.2 Å². The van der Waals surface area contributed by atoms with Crippen molar-refractivity contribution in [2.75, 3.05) is 0 Å². The third kappa shape index (κ3) is 11.0. The molecule has 0 aliphatic rings. The second-order valence-corrected chi connectivity index (χ2v) is 5.51. The fourth-order valence-corrected chi connectivity index (χ4v) is 2.31. The summed E-state index contributed by atoms with van der Waals surface area (Å²) in [4.78, 5) is 0. The van der Waals surface area contributed by atoms with Crippen molar-refractivity contribution in [1.29, 1.82) is 0 Å². The Morgan fingerprint density at radius 2 is 1.06 bits per heavy atom. The van der Waals surface area contributed by atoms with Crippen LogP contribution in [0.5, 0.6) is 0 Å². The topological polar surface area (TPSA) is 40.5 Å². The highest BCUT2D eigenvalue weighted by Crippen LogP contribution is 2.13. The maximum atomic E-state index is 9.59. The van der Waals surface area contributed by atoms with Crippen LogP contribution in [0.15, 0.2) is 0 Å². The lowest BCUT2D eigenvalue weighted by atomic mass is 10.0. The maximum Gasteiger partial charge on any atom is 0.0799 e. The molecule has 0 saturated heterocycles. The molecule has 0 unspecified atom stereocenters. The Labute approximate surface area is 114 Å². The highest BCUT2D eigenvalue weighted by Gasteiger charge is 2.12. The number of hydrogen-bond donors (Lipinski definition) is 2. The van der Waals surface area contributed by atoms with E-state index in [1.54, 1.807) is 0 Å². The highest BCUT2D eigenvalue weighted by molar-refractivity contribution is 4.65. The Morgan fingerprint density at radius 1 is 0.611 bits per heavy atom. The summed E-state index contributed by atoms with van der Waals surface area (Å²) >= 11 is 0. The molecule has 0 saturated carbocycles. The van der Waals surface area contributed by atoms with Crippen LogP contribution >= 0.6 is 0 Å². The van der Waals surface area contributed by atoms with Crippen LogP contribution in [0.3, 0.4) is 0 Å². The zero-order chi connectivity index (χ0) is 13.6. The molecule has 110 valence electrons. The van der Waals surface area contributed by atoms with Crippen molar-refractivity contribution in [3.8, 4) is 0 Å². The van der Waals surface area contributed by atoms with E-state index < -0.39 is 12.2 Å². The van der Waals surface area contributed by atoms with Crippen molar-refractivity contribution in [1.82, 2.24) is 0 Å². The minimum atomic E-state index is -0.524. The van der Waals surface area contributed by atoms with Gasteiger partial charge >= 0.3 is 0 Å². The predicted molar refractivity (Wildman–Crippen MR) is 78.8 cm³/mol. The van der Waals surface area contributed by atoms with Gasteiger partial charge in [-0.1, -0.05) is 78.1 Å². The fraction of sp³-hybridized carbons (Fsp3) is 1.00. The van der Waals surface area contributed by atoms with Crippen molar-refractivity contribution in [2.24, 2.45) is 0 Å². The summed E-state index contributed by atoms with van der Waals surface area (Å²) in [5.74, 6) is 0. The van der Waals surface area contributed by atoms with Gasteiger partial charge in [-0.05, 0) is 12.8 Å². The predicted octanol–water partition coefficient (Wildman–Crippen LogP) is 4.43. The molecule has 0 aromatic carbocycles. The monoisotopic (exact) mass is 258 g/mol. The highest BCUT2D eigenvalue weighted by atomic mass is 16.3. The van der Waals surface area contributed by atoms with Crippen molar-refractivity contribution < 1.29 is 10.2 Å². The van der Waals surface area contributed by atoms with E-state index in [0.717, 1.165) is 12.8 Å². The van der Waals surface area contributed by atoms with E-state index in [4.69, 9.17) is 0 Å². The molecular formula is C16H34O2. The summed E-state index contributed by atoms with van der Waals surface area (Å²) in [7, 11) is 0. The van der Waals surface area contributed by atoms with E-state index in [0.29, 0.717) is 6.42 Å². The molecule has 0 heterocycles. The van der Waals surface area contributed by atoms with Gasteiger partial charge in [0.25, 0.3) is 0 Å². The van der Waals surface area contributed by atoms with E-state index in [-0.39, 0.29) is 0 Å². The van der Waals surface area contributed by atoms with Gasteiger partial charge in [0.1, 0.15) is 0 Å². The van der Waals surface area contributed by atoms with Gasteiger partial charge in [-0.25, -0.2) is 0 Å². The smallest absolute Gasteiger partial charge is 0.0799 e. The molecule has 0 rings (SSSR count). The van der Waals surface area contributed by atoms with E-state index >= 15 is 0 Å². The van der Waals surface area contributed by atoms with Crippen molar-refractivity contribution in [2.45, 2.75) is 103 Å². The molecule has 2 N–H and O–H groups in total. The second-order valence-electron chi connectivity index (χ2n) is 5.51. The molecule has 0 bridgehead atoms. The maximum absolute atomic E-state index is 9.59.